The van der Waals surface area contributed by atoms with Crippen LogP contribution in [0, 0.1) is 15.7 Å². The van der Waals surface area contributed by atoms with Crippen LogP contribution >= 0.6 is 0 Å². The van der Waals surface area contributed by atoms with Crippen molar-refractivity contribution in [3.05, 3.63) is 32.4 Å². The van der Waals surface area contributed by atoms with E-state index < -0.39 is 0 Å². The highest BCUT2D eigenvalue weighted by atomic mass is 16.3. The van der Waals surface area contributed by atoms with Crippen molar-refractivity contribution in [2.45, 2.75) is 33.6 Å². The molecule has 0 spiro atoms. The van der Waals surface area contributed by atoms with Crippen LogP contribution in [-0.2, 0) is 0 Å². The highest BCUT2D eigenvalue weighted by molar-refractivity contribution is 5.40. The molecule has 0 fully saturated rings. The number of allylic oxidation sites excluding steroid dienone is 2. The fourth-order valence-electron chi connectivity index (χ4n) is 1.70. The van der Waals surface area contributed by atoms with Crippen molar-refractivity contribution in [1.29, 1.82) is 0 Å². The van der Waals surface area contributed by atoms with Crippen LogP contribution in [-0.4, -0.2) is 0 Å². The Morgan fingerprint density at radius 2 is 1.64 bits per heavy atom. The molecule has 14 heavy (non-hydrogen) atoms. The standard InChI is InChI=1S/C10H14N2O2/c1-6(2)8-5-4-7(3)9(11-13)10(8)12-14/h6H,4-5H2,1-3H3. The van der Waals surface area contributed by atoms with Gasteiger partial charge < -0.3 is 0 Å². The fraction of sp³-hybridized carbons (Fsp3) is 0.600. The van der Waals surface area contributed by atoms with Crippen LogP contribution in [0.4, 0.5) is 0 Å². The molecule has 0 amide bonds. The zero-order valence-corrected chi connectivity index (χ0v) is 8.70. The lowest BCUT2D eigenvalue weighted by molar-refractivity contribution is 0.678. The third-order valence-corrected chi connectivity index (χ3v) is 2.58. The topological polar surface area (TPSA) is 58.9 Å². The van der Waals surface area contributed by atoms with Crippen LogP contribution in [0.25, 0.3) is 0 Å². The Bertz CT molecular complexity index is 327. The minimum absolute atomic E-state index is 0.243. The molecule has 1 aliphatic rings. The first-order valence-corrected chi connectivity index (χ1v) is 4.71. The lowest BCUT2D eigenvalue weighted by Crippen LogP contribution is -2.06. The SMILES string of the molecule is CC1=C(N=O)C(N=O)=C(C(C)C)CC1. The van der Waals surface area contributed by atoms with E-state index in [1.807, 2.05) is 20.8 Å². The first kappa shape index (κ1) is 10.8. The van der Waals surface area contributed by atoms with Gasteiger partial charge in [-0.3, -0.25) is 0 Å². The summed E-state index contributed by atoms with van der Waals surface area (Å²) in [6.45, 7) is 5.80. The third-order valence-electron chi connectivity index (χ3n) is 2.58. The number of nitrogens with zero attached hydrogens (tertiary/aromatic N) is 2. The van der Waals surface area contributed by atoms with Crippen molar-refractivity contribution in [2.75, 3.05) is 0 Å². The summed E-state index contributed by atoms with van der Waals surface area (Å²) in [6.07, 6.45) is 1.61. The lowest BCUT2D eigenvalue weighted by Gasteiger charge is -2.19. The van der Waals surface area contributed by atoms with Gasteiger partial charge in [-0.15, -0.1) is 9.81 Å². The summed E-state index contributed by atoms with van der Waals surface area (Å²) < 4.78 is 0. The van der Waals surface area contributed by atoms with Crippen molar-refractivity contribution in [3.8, 4) is 0 Å². The van der Waals surface area contributed by atoms with Gasteiger partial charge >= 0.3 is 0 Å². The van der Waals surface area contributed by atoms with Gasteiger partial charge in [-0.2, -0.15) is 0 Å². The van der Waals surface area contributed by atoms with Crippen LogP contribution in [0.3, 0.4) is 0 Å². The largest absolute Gasteiger partial charge is 0.145 e. The van der Waals surface area contributed by atoms with Gasteiger partial charge in [-0.25, -0.2) is 0 Å². The quantitative estimate of drug-likeness (QED) is 0.645. The summed E-state index contributed by atoms with van der Waals surface area (Å²) in [5, 5.41) is 5.82. The Morgan fingerprint density at radius 3 is 2.07 bits per heavy atom. The molecular formula is C10H14N2O2. The molecule has 0 N–H and O–H groups in total. The summed E-state index contributed by atoms with van der Waals surface area (Å²) in [4.78, 5) is 21.2. The van der Waals surface area contributed by atoms with Gasteiger partial charge in [0.15, 0.2) is 0 Å². The first-order chi connectivity index (χ1) is 6.61. The van der Waals surface area contributed by atoms with Crippen molar-refractivity contribution in [3.63, 3.8) is 0 Å². The Hall–Kier alpha value is -1.32. The summed E-state index contributed by atoms with van der Waals surface area (Å²) in [7, 11) is 0. The molecule has 1 rings (SSSR count). The second kappa shape index (κ2) is 4.26. The van der Waals surface area contributed by atoms with Crippen LogP contribution < -0.4 is 0 Å². The highest BCUT2D eigenvalue weighted by Crippen LogP contribution is 2.35. The molecular weight excluding hydrogens is 180 g/mol. The lowest BCUT2D eigenvalue weighted by atomic mass is 9.88. The summed E-state index contributed by atoms with van der Waals surface area (Å²) >= 11 is 0. The molecule has 1 aliphatic carbocycles. The number of hydrogen-bond acceptors (Lipinski definition) is 4. The predicted octanol–water partition coefficient (Wildman–Crippen LogP) is 3.50. The smallest absolute Gasteiger partial charge is 0.136 e. The Kier molecular flexibility index (Phi) is 3.28. The van der Waals surface area contributed by atoms with Crippen LogP contribution in [0.15, 0.2) is 32.9 Å². The molecule has 0 bridgehead atoms. The molecule has 0 aromatic carbocycles. The van der Waals surface area contributed by atoms with E-state index in [-0.39, 0.29) is 17.3 Å². The maximum Gasteiger partial charge on any atom is 0.136 e. The molecule has 0 aliphatic heterocycles. The summed E-state index contributed by atoms with van der Waals surface area (Å²) in [5.41, 5.74) is 2.31. The Balaban J connectivity index is 3.25. The van der Waals surface area contributed by atoms with E-state index in [0.717, 1.165) is 24.0 Å². The van der Waals surface area contributed by atoms with Gasteiger partial charge in [0.05, 0.1) is 0 Å². The molecule has 76 valence electrons. The van der Waals surface area contributed by atoms with E-state index >= 15 is 0 Å². The molecule has 0 heterocycles. The maximum absolute atomic E-state index is 10.6. The van der Waals surface area contributed by atoms with E-state index in [4.69, 9.17) is 0 Å². The number of rotatable bonds is 3. The van der Waals surface area contributed by atoms with Crippen molar-refractivity contribution in [1.82, 2.24) is 0 Å². The fourth-order valence-corrected chi connectivity index (χ4v) is 1.70. The van der Waals surface area contributed by atoms with E-state index in [1.54, 1.807) is 0 Å². The maximum atomic E-state index is 10.6. The van der Waals surface area contributed by atoms with Gasteiger partial charge in [0, 0.05) is 0 Å². The average molecular weight is 194 g/mol. The van der Waals surface area contributed by atoms with Gasteiger partial charge in [0.25, 0.3) is 0 Å². The molecule has 4 heteroatoms. The zero-order chi connectivity index (χ0) is 10.7. The Morgan fingerprint density at radius 1 is 1.07 bits per heavy atom. The summed E-state index contributed by atoms with van der Waals surface area (Å²) in [5.74, 6) is 0.243. The molecule has 4 nitrogen and oxygen atoms in total. The predicted molar refractivity (Wildman–Crippen MR) is 55.4 cm³/mol. The molecule has 0 aromatic heterocycles. The third kappa shape index (κ3) is 1.78. The van der Waals surface area contributed by atoms with Gasteiger partial charge in [-0.1, -0.05) is 13.8 Å². The normalized spacial score (nSPS) is 17.7. The van der Waals surface area contributed by atoms with Gasteiger partial charge in [0.1, 0.15) is 11.4 Å². The van der Waals surface area contributed by atoms with E-state index in [1.165, 1.54) is 0 Å². The molecule has 0 saturated heterocycles. The Labute approximate surface area is 83.0 Å². The molecule has 0 radical (unpaired) electrons. The second-order valence-electron chi connectivity index (χ2n) is 3.84. The molecule has 0 unspecified atom stereocenters. The van der Waals surface area contributed by atoms with Crippen LogP contribution in [0.1, 0.15) is 33.6 Å². The zero-order valence-electron chi connectivity index (χ0n) is 8.70. The van der Waals surface area contributed by atoms with E-state index in [9.17, 15) is 9.81 Å². The van der Waals surface area contributed by atoms with Crippen LogP contribution in [0.2, 0.25) is 0 Å². The number of hydrogen-bond donors (Lipinski definition) is 0. The summed E-state index contributed by atoms with van der Waals surface area (Å²) in [6, 6.07) is 0. The minimum Gasteiger partial charge on any atom is -0.145 e. The first-order valence-electron chi connectivity index (χ1n) is 4.71. The van der Waals surface area contributed by atoms with Crippen molar-refractivity contribution in [2.24, 2.45) is 16.3 Å². The van der Waals surface area contributed by atoms with E-state index in [0.29, 0.717) is 0 Å². The highest BCUT2D eigenvalue weighted by Gasteiger charge is 2.23. The van der Waals surface area contributed by atoms with Gasteiger partial charge in [-0.05, 0) is 47.2 Å². The van der Waals surface area contributed by atoms with Crippen molar-refractivity contribution < 1.29 is 0 Å². The van der Waals surface area contributed by atoms with Crippen molar-refractivity contribution >= 4 is 0 Å². The van der Waals surface area contributed by atoms with E-state index in [2.05, 4.69) is 10.4 Å². The molecule has 0 saturated carbocycles. The minimum atomic E-state index is 0.243. The average Bonchev–Trinajstić information content (AvgIpc) is 2.16. The van der Waals surface area contributed by atoms with Gasteiger partial charge in [0.2, 0.25) is 0 Å². The molecule has 0 aromatic rings. The monoisotopic (exact) mass is 194 g/mol. The number of nitroso groups, excluding NO2 is 2. The second-order valence-corrected chi connectivity index (χ2v) is 3.84. The molecule has 0 atom stereocenters. The van der Waals surface area contributed by atoms with Crippen LogP contribution in [0.5, 0.6) is 0 Å².